The maximum Gasteiger partial charge on any atom is 0.322 e. The lowest BCUT2D eigenvalue weighted by molar-refractivity contribution is 0.160. The van der Waals surface area contributed by atoms with Crippen molar-refractivity contribution in [1.82, 2.24) is 4.90 Å². The summed E-state index contributed by atoms with van der Waals surface area (Å²) in [5, 5.41) is 3.61. The quantitative estimate of drug-likeness (QED) is 0.838. The van der Waals surface area contributed by atoms with Crippen molar-refractivity contribution in [2.24, 2.45) is 0 Å². The molecule has 0 aromatic heterocycles. The highest BCUT2D eigenvalue weighted by Gasteiger charge is 2.25. The van der Waals surface area contributed by atoms with Gasteiger partial charge in [0.1, 0.15) is 0 Å². The summed E-state index contributed by atoms with van der Waals surface area (Å²) in [6.45, 7) is 6.96. The van der Waals surface area contributed by atoms with Gasteiger partial charge in [-0.1, -0.05) is 24.6 Å². The number of carbonyl (C=O) groups is 1. The Hall–Kier alpha value is -1.22. The second-order valence-electron chi connectivity index (χ2n) is 5.62. The molecule has 0 radical (unpaired) electrons. The van der Waals surface area contributed by atoms with E-state index in [2.05, 4.69) is 12.2 Å². The molecule has 1 aliphatic heterocycles. The summed E-state index contributed by atoms with van der Waals surface area (Å²) in [7, 11) is 0. The first kappa shape index (κ1) is 15.2. The molecule has 0 saturated carbocycles. The minimum Gasteiger partial charge on any atom is -0.322 e. The summed E-state index contributed by atoms with van der Waals surface area (Å²) < 4.78 is 0. The predicted octanol–water partition coefficient (Wildman–Crippen LogP) is 4.75. The Kier molecular flexibility index (Phi) is 4.92. The number of anilines is 1. The average molecular weight is 295 g/mol. The number of rotatable bonds is 2. The molecule has 1 aliphatic rings. The lowest BCUT2D eigenvalue weighted by Crippen LogP contribution is -2.45. The first-order valence-electron chi connectivity index (χ1n) is 7.37. The van der Waals surface area contributed by atoms with E-state index >= 15 is 0 Å². The van der Waals surface area contributed by atoms with Gasteiger partial charge in [-0.3, -0.25) is 0 Å². The smallest absolute Gasteiger partial charge is 0.322 e. The predicted molar refractivity (Wildman–Crippen MR) is 84.6 cm³/mol. The number of hydrogen-bond acceptors (Lipinski definition) is 1. The number of benzene rings is 1. The van der Waals surface area contributed by atoms with Crippen LogP contribution in [0.15, 0.2) is 12.1 Å². The van der Waals surface area contributed by atoms with Crippen molar-refractivity contribution >= 4 is 23.3 Å². The number of hydrogen-bond donors (Lipinski definition) is 1. The molecular weight excluding hydrogens is 272 g/mol. The molecule has 0 aliphatic carbocycles. The Morgan fingerprint density at radius 1 is 1.40 bits per heavy atom. The molecule has 1 fully saturated rings. The largest absolute Gasteiger partial charge is 0.322 e. The van der Waals surface area contributed by atoms with E-state index in [0.29, 0.717) is 11.1 Å². The van der Waals surface area contributed by atoms with Crippen LogP contribution in [0, 0.1) is 13.8 Å². The molecule has 1 aromatic carbocycles. The van der Waals surface area contributed by atoms with E-state index in [0.717, 1.165) is 42.6 Å². The zero-order chi connectivity index (χ0) is 14.7. The van der Waals surface area contributed by atoms with Crippen LogP contribution >= 0.6 is 11.6 Å². The molecule has 2 amide bonds. The normalized spacial score (nSPS) is 19.0. The number of amides is 2. The Labute approximate surface area is 126 Å². The fourth-order valence-electron chi connectivity index (χ4n) is 2.95. The number of urea groups is 1. The lowest BCUT2D eigenvalue weighted by Gasteiger charge is -2.35. The van der Waals surface area contributed by atoms with Crippen LogP contribution in [-0.2, 0) is 0 Å². The van der Waals surface area contributed by atoms with E-state index in [-0.39, 0.29) is 6.03 Å². The molecule has 1 unspecified atom stereocenters. The molecule has 0 bridgehead atoms. The first-order valence-corrected chi connectivity index (χ1v) is 7.75. The van der Waals surface area contributed by atoms with Gasteiger partial charge in [0.2, 0.25) is 0 Å². The second-order valence-corrected chi connectivity index (χ2v) is 6.03. The van der Waals surface area contributed by atoms with Crippen molar-refractivity contribution in [2.45, 2.75) is 52.5 Å². The molecule has 4 heteroatoms. The van der Waals surface area contributed by atoms with Gasteiger partial charge in [-0.05, 0) is 56.7 Å². The van der Waals surface area contributed by atoms with Crippen LogP contribution in [0.25, 0.3) is 0 Å². The van der Waals surface area contributed by atoms with Gasteiger partial charge < -0.3 is 10.2 Å². The molecule has 1 atom stereocenters. The van der Waals surface area contributed by atoms with Gasteiger partial charge >= 0.3 is 6.03 Å². The lowest BCUT2D eigenvalue weighted by atomic mass is 10.0. The fraction of sp³-hybridized carbons (Fsp3) is 0.562. The van der Waals surface area contributed by atoms with Gasteiger partial charge in [0.25, 0.3) is 0 Å². The number of nitrogens with zero attached hydrogens (tertiary/aromatic N) is 1. The summed E-state index contributed by atoms with van der Waals surface area (Å²) in [6, 6.07) is 4.26. The highest BCUT2D eigenvalue weighted by atomic mass is 35.5. The van der Waals surface area contributed by atoms with Crippen molar-refractivity contribution in [2.75, 3.05) is 11.9 Å². The molecule has 110 valence electrons. The zero-order valence-electron chi connectivity index (χ0n) is 12.5. The Balaban J connectivity index is 2.15. The van der Waals surface area contributed by atoms with Crippen LogP contribution in [0.5, 0.6) is 0 Å². The monoisotopic (exact) mass is 294 g/mol. The Bertz CT molecular complexity index is 478. The van der Waals surface area contributed by atoms with Crippen molar-refractivity contribution in [3.63, 3.8) is 0 Å². The molecule has 20 heavy (non-hydrogen) atoms. The number of halogens is 1. The van der Waals surface area contributed by atoms with E-state index in [1.165, 1.54) is 6.42 Å². The molecular formula is C16H23ClN2O. The third-order valence-corrected chi connectivity index (χ3v) is 4.32. The molecule has 3 nitrogen and oxygen atoms in total. The van der Waals surface area contributed by atoms with Crippen LogP contribution in [-0.4, -0.2) is 23.5 Å². The summed E-state index contributed by atoms with van der Waals surface area (Å²) in [6.07, 6.45) is 4.41. The topological polar surface area (TPSA) is 32.3 Å². The third-order valence-electron chi connectivity index (χ3n) is 4.02. The third kappa shape index (κ3) is 3.26. The highest BCUT2D eigenvalue weighted by Crippen LogP contribution is 2.28. The van der Waals surface area contributed by atoms with E-state index in [9.17, 15) is 4.79 Å². The van der Waals surface area contributed by atoms with Crippen LogP contribution in [0.3, 0.4) is 0 Å². The van der Waals surface area contributed by atoms with Crippen LogP contribution < -0.4 is 5.32 Å². The average Bonchev–Trinajstić information content (AvgIpc) is 2.42. The van der Waals surface area contributed by atoms with Crippen molar-refractivity contribution in [3.8, 4) is 0 Å². The van der Waals surface area contributed by atoms with Crippen molar-refractivity contribution in [1.29, 1.82) is 0 Å². The SMILES string of the molecule is CCC1CCCCN1C(=O)Nc1c(C)cc(C)cc1Cl. The summed E-state index contributed by atoms with van der Waals surface area (Å²) in [4.78, 5) is 14.4. The van der Waals surface area contributed by atoms with E-state index in [1.807, 2.05) is 30.9 Å². The Morgan fingerprint density at radius 3 is 2.80 bits per heavy atom. The maximum absolute atomic E-state index is 12.5. The molecule has 1 saturated heterocycles. The second kappa shape index (κ2) is 6.49. The number of piperidine rings is 1. The molecule has 1 aromatic rings. The van der Waals surface area contributed by atoms with Gasteiger partial charge in [-0.25, -0.2) is 4.79 Å². The molecule has 0 spiro atoms. The summed E-state index contributed by atoms with van der Waals surface area (Å²) >= 11 is 6.25. The molecule has 2 rings (SSSR count). The summed E-state index contributed by atoms with van der Waals surface area (Å²) in [5.41, 5.74) is 2.85. The minimum absolute atomic E-state index is 0.0228. The van der Waals surface area contributed by atoms with E-state index in [4.69, 9.17) is 11.6 Å². The highest BCUT2D eigenvalue weighted by molar-refractivity contribution is 6.34. The standard InChI is InChI=1S/C16H23ClN2O/c1-4-13-7-5-6-8-19(13)16(20)18-15-12(3)9-11(2)10-14(15)17/h9-10,13H,4-8H2,1-3H3,(H,18,20). The van der Waals surface area contributed by atoms with Gasteiger partial charge in [-0.15, -0.1) is 0 Å². The minimum atomic E-state index is -0.0228. The number of carbonyl (C=O) groups excluding carboxylic acids is 1. The Morgan fingerprint density at radius 2 is 2.15 bits per heavy atom. The van der Waals surface area contributed by atoms with Gasteiger partial charge in [0.15, 0.2) is 0 Å². The zero-order valence-corrected chi connectivity index (χ0v) is 13.3. The van der Waals surface area contributed by atoms with Gasteiger partial charge in [0, 0.05) is 12.6 Å². The van der Waals surface area contributed by atoms with Crippen LogP contribution in [0.1, 0.15) is 43.7 Å². The maximum atomic E-state index is 12.5. The van der Waals surface area contributed by atoms with Gasteiger partial charge in [0.05, 0.1) is 10.7 Å². The number of nitrogens with one attached hydrogen (secondary N) is 1. The number of likely N-dealkylation sites (tertiary alicyclic amines) is 1. The van der Waals surface area contributed by atoms with Gasteiger partial charge in [-0.2, -0.15) is 0 Å². The summed E-state index contributed by atoms with van der Waals surface area (Å²) in [5.74, 6) is 0. The van der Waals surface area contributed by atoms with Crippen LogP contribution in [0.2, 0.25) is 5.02 Å². The molecule has 1 N–H and O–H groups in total. The fourth-order valence-corrected chi connectivity index (χ4v) is 3.31. The van der Waals surface area contributed by atoms with Crippen molar-refractivity contribution < 1.29 is 4.79 Å². The van der Waals surface area contributed by atoms with E-state index in [1.54, 1.807) is 0 Å². The first-order chi connectivity index (χ1) is 9.52. The van der Waals surface area contributed by atoms with Crippen molar-refractivity contribution in [3.05, 3.63) is 28.3 Å². The number of aryl methyl sites for hydroxylation is 2. The van der Waals surface area contributed by atoms with Crippen LogP contribution in [0.4, 0.5) is 10.5 Å². The molecule has 1 heterocycles. The van der Waals surface area contributed by atoms with E-state index < -0.39 is 0 Å².